The molecule has 1 atom stereocenters. The summed E-state index contributed by atoms with van der Waals surface area (Å²) in [7, 11) is -2.77. The molecule has 0 aromatic carbocycles. The van der Waals surface area contributed by atoms with E-state index in [9.17, 15) is 9.36 Å². The normalized spacial score (nSPS) is 13.5. The minimum Gasteiger partial charge on any atom is -0.369 e. The highest BCUT2D eigenvalue weighted by molar-refractivity contribution is 7.52. The standard InChI is InChI=1S/C12H25O5P/c1-17-12(18(14,15)16)10-8-6-4-2-3-5-7-9-11-13/h11-12H,2-10H2,1H3,(H2,14,15,16). The van der Waals surface area contributed by atoms with Crippen LogP contribution in [0.5, 0.6) is 0 Å². The molecule has 6 heteroatoms. The Labute approximate surface area is 109 Å². The van der Waals surface area contributed by atoms with Crippen LogP contribution < -0.4 is 0 Å². The first-order valence-corrected chi connectivity index (χ1v) is 8.22. The topological polar surface area (TPSA) is 83.8 Å². The highest BCUT2D eigenvalue weighted by Crippen LogP contribution is 2.43. The number of carbonyl (C=O) groups excluding carboxylic acids is 1. The van der Waals surface area contributed by atoms with E-state index in [1.165, 1.54) is 7.11 Å². The molecule has 0 amide bonds. The average Bonchev–Trinajstić information content (AvgIpc) is 2.30. The first kappa shape index (κ1) is 17.8. The second-order valence-corrected chi connectivity index (χ2v) is 6.25. The summed E-state index contributed by atoms with van der Waals surface area (Å²) in [6.07, 6.45) is 9.11. The van der Waals surface area contributed by atoms with Gasteiger partial charge in [0.15, 0.2) is 5.85 Å². The molecule has 0 aliphatic rings. The van der Waals surface area contributed by atoms with E-state index in [4.69, 9.17) is 14.5 Å². The van der Waals surface area contributed by atoms with E-state index >= 15 is 0 Å². The summed E-state index contributed by atoms with van der Waals surface area (Å²) in [5.74, 6) is -0.954. The molecule has 0 aliphatic heterocycles. The highest BCUT2D eigenvalue weighted by Gasteiger charge is 2.27. The summed E-state index contributed by atoms with van der Waals surface area (Å²) in [5, 5.41) is 0. The van der Waals surface area contributed by atoms with Crippen LogP contribution in [-0.2, 0) is 14.1 Å². The number of carbonyl (C=O) groups is 1. The Morgan fingerprint density at radius 2 is 1.56 bits per heavy atom. The van der Waals surface area contributed by atoms with Gasteiger partial charge >= 0.3 is 7.60 Å². The second kappa shape index (κ2) is 10.7. The minimum atomic E-state index is -4.11. The zero-order chi connectivity index (χ0) is 13.9. The Hall–Kier alpha value is -0.220. The number of rotatable bonds is 12. The first-order valence-electron chi connectivity index (χ1n) is 6.54. The number of aldehydes is 1. The van der Waals surface area contributed by atoms with Crippen molar-refractivity contribution < 1.29 is 23.9 Å². The molecule has 0 radical (unpaired) electrons. The van der Waals surface area contributed by atoms with Gasteiger partial charge in [0, 0.05) is 13.5 Å². The van der Waals surface area contributed by atoms with Gasteiger partial charge in [0.05, 0.1) is 0 Å². The van der Waals surface area contributed by atoms with Crippen LogP contribution in [0.4, 0.5) is 0 Å². The zero-order valence-electron chi connectivity index (χ0n) is 11.1. The number of ether oxygens (including phenoxy) is 1. The fraction of sp³-hybridized carbons (Fsp3) is 0.917. The Morgan fingerprint density at radius 3 is 2.00 bits per heavy atom. The molecule has 0 saturated heterocycles. The summed E-state index contributed by atoms with van der Waals surface area (Å²) < 4.78 is 15.8. The van der Waals surface area contributed by atoms with E-state index < -0.39 is 13.4 Å². The summed E-state index contributed by atoms with van der Waals surface area (Å²) in [6, 6.07) is 0. The second-order valence-electron chi connectivity index (χ2n) is 4.50. The van der Waals surface area contributed by atoms with Gasteiger partial charge in [0.1, 0.15) is 6.29 Å². The lowest BCUT2D eigenvalue weighted by molar-refractivity contribution is -0.107. The van der Waals surface area contributed by atoms with Crippen molar-refractivity contribution in [2.75, 3.05) is 7.11 Å². The fourth-order valence-electron chi connectivity index (χ4n) is 1.85. The SMILES string of the molecule is COC(CCCCCCCCCC=O)P(=O)(O)O. The van der Waals surface area contributed by atoms with Crippen LogP contribution in [0.2, 0.25) is 0 Å². The number of hydrogen-bond acceptors (Lipinski definition) is 3. The maximum atomic E-state index is 11.0. The van der Waals surface area contributed by atoms with E-state index in [2.05, 4.69) is 0 Å². The summed E-state index contributed by atoms with van der Waals surface area (Å²) >= 11 is 0. The first-order chi connectivity index (χ1) is 8.52. The number of methoxy groups -OCH3 is 1. The molecule has 0 aliphatic carbocycles. The monoisotopic (exact) mass is 280 g/mol. The molecule has 5 nitrogen and oxygen atoms in total. The highest BCUT2D eigenvalue weighted by atomic mass is 31.2. The third-order valence-corrected chi connectivity index (χ3v) is 4.14. The van der Waals surface area contributed by atoms with Gasteiger partial charge in [-0.2, -0.15) is 0 Å². The van der Waals surface area contributed by atoms with Crippen LogP contribution in [0.15, 0.2) is 0 Å². The van der Waals surface area contributed by atoms with E-state index in [-0.39, 0.29) is 0 Å². The van der Waals surface area contributed by atoms with Crippen LogP contribution >= 0.6 is 7.60 Å². The molecule has 1 unspecified atom stereocenters. The smallest absolute Gasteiger partial charge is 0.354 e. The quantitative estimate of drug-likeness (QED) is 0.326. The van der Waals surface area contributed by atoms with Crippen LogP contribution in [-0.4, -0.2) is 29.0 Å². The van der Waals surface area contributed by atoms with Gasteiger partial charge < -0.3 is 19.3 Å². The molecule has 0 spiro atoms. The van der Waals surface area contributed by atoms with Crippen molar-refractivity contribution in [2.24, 2.45) is 0 Å². The summed E-state index contributed by atoms with van der Waals surface area (Å²) in [4.78, 5) is 28.0. The maximum Gasteiger partial charge on any atom is 0.354 e. The molecule has 0 bridgehead atoms. The van der Waals surface area contributed by atoms with Crippen LogP contribution in [0.1, 0.15) is 57.8 Å². The summed E-state index contributed by atoms with van der Waals surface area (Å²) in [5.41, 5.74) is 0. The number of hydrogen-bond donors (Lipinski definition) is 2. The van der Waals surface area contributed by atoms with Gasteiger partial charge in [-0.05, 0) is 12.8 Å². The Morgan fingerprint density at radius 1 is 1.06 bits per heavy atom. The zero-order valence-corrected chi connectivity index (χ0v) is 12.0. The predicted octanol–water partition coefficient (Wildman–Crippen LogP) is 2.85. The van der Waals surface area contributed by atoms with Crippen molar-refractivity contribution in [1.82, 2.24) is 0 Å². The third kappa shape index (κ3) is 9.77. The summed E-state index contributed by atoms with van der Waals surface area (Å²) in [6.45, 7) is 0. The Kier molecular flexibility index (Phi) is 10.5. The lowest BCUT2D eigenvalue weighted by Gasteiger charge is -2.16. The largest absolute Gasteiger partial charge is 0.369 e. The molecular weight excluding hydrogens is 255 g/mol. The molecule has 108 valence electrons. The van der Waals surface area contributed by atoms with E-state index in [1.807, 2.05) is 0 Å². The average molecular weight is 280 g/mol. The Balaban J connectivity index is 3.39. The molecule has 18 heavy (non-hydrogen) atoms. The maximum absolute atomic E-state index is 11.0. The van der Waals surface area contributed by atoms with Gasteiger partial charge in [-0.15, -0.1) is 0 Å². The molecule has 0 fully saturated rings. The molecule has 0 aromatic rings. The van der Waals surface area contributed by atoms with Gasteiger partial charge in [-0.1, -0.05) is 38.5 Å². The van der Waals surface area contributed by atoms with Crippen molar-refractivity contribution in [2.45, 2.75) is 63.6 Å². The van der Waals surface area contributed by atoms with Crippen molar-refractivity contribution in [1.29, 1.82) is 0 Å². The van der Waals surface area contributed by atoms with Crippen molar-refractivity contribution in [3.05, 3.63) is 0 Å². The molecule has 0 heterocycles. The van der Waals surface area contributed by atoms with E-state index in [0.29, 0.717) is 12.8 Å². The van der Waals surface area contributed by atoms with E-state index in [0.717, 1.165) is 51.2 Å². The molecule has 0 saturated carbocycles. The van der Waals surface area contributed by atoms with Crippen molar-refractivity contribution in [3.63, 3.8) is 0 Å². The van der Waals surface area contributed by atoms with Crippen molar-refractivity contribution >= 4 is 13.9 Å². The molecule has 2 N–H and O–H groups in total. The molecule has 0 rings (SSSR count). The van der Waals surface area contributed by atoms with Crippen LogP contribution in [0, 0.1) is 0 Å². The predicted molar refractivity (Wildman–Crippen MR) is 70.5 cm³/mol. The molecular formula is C12H25O5P. The van der Waals surface area contributed by atoms with Gasteiger partial charge in [0.2, 0.25) is 0 Å². The molecule has 0 aromatic heterocycles. The van der Waals surface area contributed by atoms with Gasteiger partial charge in [-0.25, -0.2) is 0 Å². The number of unbranched alkanes of at least 4 members (excludes halogenated alkanes) is 7. The fourth-order valence-corrected chi connectivity index (χ4v) is 2.65. The van der Waals surface area contributed by atoms with Crippen LogP contribution in [0.25, 0.3) is 0 Å². The third-order valence-electron chi connectivity index (χ3n) is 2.92. The van der Waals surface area contributed by atoms with Crippen molar-refractivity contribution in [3.8, 4) is 0 Å². The van der Waals surface area contributed by atoms with Gasteiger partial charge in [0.25, 0.3) is 0 Å². The van der Waals surface area contributed by atoms with E-state index in [1.54, 1.807) is 0 Å². The van der Waals surface area contributed by atoms with Gasteiger partial charge in [-0.3, -0.25) is 4.57 Å². The lowest BCUT2D eigenvalue weighted by atomic mass is 10.1. The van der Waals surface area contributed by atoms with Crippen LogP contribution in [0.3, 0.4) is 0 Å². The Bertz CT molecular complexity index is 251. The minimum absolute atomic E-state index is 0.409. The lowest BCUT2D eigenvalue weighted by Crippen LogP contribution is -2.10.